The van der Waals surface area contributed by atoms with Gasteiger partial charge in [0.1, 0.15) is 5.82 Å². The van der Waals surface area contributed by atoms with Gasteiger partial charge in [-0.15, -0.1) is 0 Å². The van der Waals surface area contributed by atoms with Crippen molar-refractivity contribution in [3.63, 3.8) is 0 Å². The van der Waals surface area contributed by atoms with Crippen LogP contribution in [0.15, 0.2) is 12.4 Å². The lowest BCUT2D eigenvalue weighted by molar-refractivity contribution is 0.409. The Labute approximate surface area is 114 Å². The van der Waals surface area contributed by atoms with Gasteiger partial charge in [-0.3, -0.25) is 0 Å². The topological polar surface area (TPSA) is 52.7 Å². The molecule has 0 bridgehead atoms. The van der Waals surface area contributed by atoms with Gasteiger partial charge in [0, 0.05) is 18.4 Å². The Balaban J connectivity index is 1.82. The summed E-state index contributed by atoms with van der Waals surface area (Å²) in [4.78, 5) is 7.42. The van der Waals surface area contributed by atoms with Crippen molar-refractivity contribution in [3.8, 4) is 0 Å². The maximum absolute atomic E-state index is 5.39. The molecule has 0 aliphatic heterocycles. The molecular formula is C13H22N4S. The van der Waals surface area contributed by atoms with E-state index in [4.69, 9.17) is 12.2 Å². The third kappa shape index (κ3) is 3.70. The molecule has 0 saturated heterocycles. The van der Waals surface area contributed by atoms with Gasteiger partial charge in [0.25, 0.3) is 0 Å². The first kappa shape index (κ1) is 13.3. The number of rotatable bonds is 4. The fourth-order valence-electron chi connectivity index (χ4n) is 2.46. The minimum absolute atomic E-state index is 0.170. The zero-order valence-corrected chi connectivity index (χ0v) is 11.7. The lowest BCUT2D eigenvalue weighted by Gasteiger charge is -2.26. The lowest BCUT2D eigenvalue weighted by atomic mass is 9.96. The third-order valence-corrected chi connectivity index (χ3v) is 3.74. The van der Waals surface area contributed by atoms with Crippen molar-refractivity contribution in [2.75, 3.05) is 0 Å². The van der Waals surface area contributed by atoms with E-state index in [9.17, 15) is 0 Å². The molecule has 0 aromatic carbocycles. The molecule has 18 heavy (non-hydrogen) atoms. The summed E-state index contributed by atoms with van der Waals surface area (Å²) < 4.78 is 0. The number of nitrogens with zero attached hydrogens (tertiary/aromatic N) is 1. The molecule has 1 aromatic heterocycles. The second-order valence-electron chi connectivity index (χ2n) is 4.89. The molecule has 0 spiro atoms. The summed E-state index contributed by atoms with van der Waals surface area (Å²) in [6.07, 6.45) is 11.0. The zero-order valence-electron chi connectivity index (χ0n) is 10.9. The Kier molecular flexibility index (Phi) is 4.99. The monoisotopic (exact) mass is 266 g/mol. The summed E-state index contributed by atoms with van der Waals surface area (Å²) in [6.45, 7) is 2.13. The summed E-state index contributed by atoms with van der Waals surface area (Å²) in [5, 5.41) is 7.52. The van der Waals surface area contributed by atoms with Crippen molar-refractivity contribution < 1.29 is 0 Å². The van der Waals surface area contributed by atoms with Crippen molar-refractivity contribution >= 4 is 17.3 Å². The van der Waals surface area contributed by atoms with Crippen LogP contribution in [-0.4, -0.2) is 21.1 Å². The minimum Gasteiger partial charge on any atom is -0.360 e. The van der Waals surface area contributed by atoms with E-state index < -0.39 is 0 Å². The van der Waals surface area contributed by atoms with Crippen LogP contribution in [0, 0.1) is 0 Å². The van der Waals surface area contributed by atoms with Gasteiger partial charge in [0.2, 0.25) is 0 Å². The van der Waals surface area contributed by atoms with Gasteiger partial charge >= 0.3 is 0 Å². The Morgan fingerprint density at radius 2 is 2.28 bits per heavy atom. The van der Waals surface area contributed by atoms with Crippen LogP contribution in [0.1, 0.15) is 57.3 Å². The Bertz CT molecular complexity index is 357. The van der Waals surface area contributed by atoms with Gasteiger partial charge in [0.15, 0.2) is 5.11 Å². The number of H-pyrrole nitrogens is 1. The number of aromatic amines is 1. The third-order valence-electron chi connectivity index (χ3n) is 3.50. The average Bonchev–Trinajstić information content (AvgIpc) is 2.91. The molecule has 2 rings (SSSR count). The molecule has 1 atom stereocenters. The molecule has 1 saturated carbocycles. The van der Waals surface area contributed by atoms with Crippen LogP contribution in [0.2, 0.25) is 0 Å². The highest BCUT2D eigenvalue weighted by atomic mass is 32.1. The van der Waals surface area contributed by atoms with Gasteiger partial charge in [-0.1, -0.05) is 26.2 Å². The van der Waals surface area contributed by atoms with Crippen LogP contribution in [0.3, 0.4) is 0 Å². The number of imidazole rings is 1. The summed E-state index contributed by atoms with van der Waals surface area (Å²) >= 11 is 5.39. The van der Waals surface area contributed by atoms with Crippen LogP contribution in [0.4, 0.5) is 0 Å². The fraction of sp³-hybridized carbons (Fsp3) is 0.692. The fourth-order valence-corrected chi connectivity index (χ4v) is 2.77. The first-order valence-corrected chi connectivity index (χ1v) is 7.26. The van der Waals surface area contributed by atoms with E-state index in [1.54, 1.807) is 6.20 Å². The number of hydrogen-bond donors (Lipinski definition) is 3. The van der Waals surface area contributed by atoms with E-state index in [0.717, 1.165) is 17.4 Å². The quantitative estimate of drug-likeness (QED) is 0.733. The van der Waals surface area contributed by atoms with Crippen molar-refractivity contribution in [1.82, 2.24) is 20.6 Å². The maximum Gasteiger partial charge on any atom is 0.167 e. The molecule has 1 heterocycles. The van der Waals surface area contributed by atoms with E-state index in [2.05, 4.69) is 27.5 Å². The standard InChI is InChI=1S/C13H22N4S/c1-2-11(12-14-8-9-15-12)17-13(18)16-10-6-4-3-5-7-10/h8-11H,2-7H2,1H3,(H,14,15)(H2,16,17,18). The molecule has 1 aliphatic carbocycles. The lowest BCUT2D eigenvalue weighted by Crippen LogP contribution is -2.44. The highest BCUT2D eigenvalue weighted by Crippen LogP contribution is 2.17. The molecule has 3 N–H and O–H groups in total. The molecule has 1 unspecified atom stereocenters. The van der Waals surface area contributed by atoms with Crippen LogP contribution >= 0.6 is 12.2 Å². The molecule has 4 nitrogen and oxygen atoms in total. The van der Waals surface area contributed by atoms with Crippen LogP contribution < -0.4 is 10.6 Å². The number of aromatic nitrogens is 2. The molecule has 1 fully saturated rings. The Morgan fingerprint density at radius 1 is 1.50 bits per heavy atom. The van der Waals surface area contributed by atoms with E-state index in [-0.39, 0.29) is 6.04 Å². The summed E-state index contributed by atoms with van der Waals surface area (Å²) in [7, 11) is 0. The predicted octanol–water partition coefficient (Wildman–Crippen LogP) is 2.66. The van der Waals surface area contributed by atoms with E-state index in [0.29, 0.717) is 6.04 Å². The van der Waals surface area contributed by atoms with Gasteiger partial charge in [-0.05, 0) is 31.5 Å². The van der Waals surface area contributed by atoms with Crippen molar-refractivity contribution in [3.05, 3.63) is 18.2 Å². The van der Waals surface area contributed by atoms with Crippen LogP contribution in [0.25, 0.3) is 0 Å². The minimum atomic E-state index is 0.170. The molecule has 1 aliphatic rings. The highest BCUT2D eigenvalue weighted by molar-refractivity contribution is 7.80. The number of hydrogen-bond acceptors (Lipinski definition) is 2. The summed E-state index contributed by atoms with van der Waals surface area (Å²) in [5.74, 6) is 0.949. The van der Waals surface area contributed by atoms with Gasteiger partial charge in [0.05, 0.1) is 6.04 Å². The predicted molar refractivity (Wildman–Crippen MR) is 77.4 cm³/mol. The van der Waals surface area contributed by atoms with Gasteiger partial charge in [-0.25, -0.2) is 4.98 Å². The Hall–Kier alpha value is -1.10. The molecule has 100 valence electrons. The first-order valence-electron chi connectivity index (χ1n) is 6.86. The molecular weight excluding hydrogens is 244 g/mol. The number of thiocarbonyl (C=S) groups is 1. The van der Waals surface area contributed by atoms with E-state index >= 15 is 0 Å². The summed E-state index contributed by atoms with van der Waals surface area (Å²) in [6, 6.07) is 0.719. The van der Waals surface area contributed by atoms with E-state index in [1.807, 2.05) is 6.20 Å². The zero-order chi connectivity index (χ0) is 12.8. The smallest absolute Gasteiger partial charge is 0.167 e. The Morgan fingerprint density at radius 3 is 2.89 bits per heavy atom. The molecule has 0 amide bonds. The first-order chi connectivity index (χ1) is 8.79. The molecule has 1 aromatic rings. The summed E-state index contributed by atoms with van der Waals surface area (Å²) in [5.41, 5.74) is 0. The average molecular weight is 266 g/mol. The van der Waals surface area contributed by atoms with Crippen molar-refractivity contribution in [1.29, 1.82) is 0 Å². The van der Waals surface area contributed by atoms with Crippen molar-refractivity contribution in [2.45, 2.75) is 57.5 Å². The molecule has 5 heteroatoms. The van der Waals surface area contributed by atoms with Gasteiger partial charge < -0.3 is 15.6 Å². The number of nitrogens with one attached hydrogen (secondary N) is 3. The second-order valence-corrected chi connectivity index (χ2v) is 5.30. The highest BCUT2D eigenvalue weighted by Gasteiger charge is 2.17. The van der Waals surface area contributed by atoms with Crippen LogP contribution in [0.5, 0.6) is 0 Å². The van der Waals surface area contributed by atoms with Crippen molar-refractivity contribution in [2.24, 2.45) is 0 Å². The van der Waals surface area contributed by atoms with Gasteiger partial charge in [-0.2, -0.15) is 0 Å². The van der Waals surface area contributed by atoms with Crippen LogP contribution in [-0.2, 0) is 0 Å². The normalized spacial score (nSPS) is 18.3. The maximum atomic E-state index is 5.39. The second kappa shape index (κ2) is 6.73. The SMILES string of the molecule is CCC(NC(=S)NC1CCCCC1)c1ncc[nH]1. The van der Waals surface area contributed by atoms with E-state index in [1.165, 1.54) is 32.1 Å². The molecule has 0 radical (unpaired) electrons. The largest absolute Gasteiger partial charge is 0.360 e.